The summed E-state index contributed by atoms with van der Waals surface area (Å²) in [5, 5.41) is 2.88. The molecule has 164 valence electrons. The Kier molecular flexibility index (Phi) is 6.77. The van der Waals surface area contributed by atoms with Gasteiger partial charge in [-0.2, -0.15) is 0 Å². The van der Waals surface area contributed by atoms with Gasteiger partial charge in [0, 0.05) is 38.1 Å². The van der Waals surface area contributed by atoms with Crippen molar-refractivity contribution in [3.05, 3.63) is 100 Å². The quantitative estimate of drug-likeness (QED) is 0.651. The lowest BCUT2D eigenvalue weighted by Gasteiger charge is -2.34. The lowest BCUT2D eigenvalue weighted by atomic mass is 10.2. The molecule has 1 aromatic heterocycles. The van der Waals surface area contributed by atoms with Crippen LogP contribution in [0, 0.1) is 0 Å². The maximum atomic E-state index is 13.0. The Labute approximate surface area is 186 Å². The van der Waals surface area contributed by atoms with Gasteiger partial charge in [-0.25, -0.2) is 0 Å². The lowest BCUT2D eigenvalue weighted by Crippen LogP contribution is -2.51. The van der Waals surface area contributed by atoms with E-state index in [-0.39, 0.29) is 29.5 Å². The topological polar surface area (TPSA) is 74.7 Å². The minimum Gasteiger partial charge on any atom is -0.336 e. The van der Waals surface area contributed by atoms with Crippen LogP contribution in [0.1, 0.15) is 15.9 Å². The molecule has 0 radical (unpaired) electrons. The third-order valence-electron chi connectivity index (χ3n) is 5.53. The fourth-order valence-electron chi connectivity index (χ4n) is 3.81. The van der Waals surface area contributed by atoms with E-state index in [2.05, 4.69) is 5.32 Å². The van der Waals surface area contributed by atoms with E-state index < -0.39 is 0 Å². The first-order valence-electron chi connectivity index (χ1n) is 10.7. The molecule has 1 fully saturated rings. The number of hydrogen-bond donors (Lipinski definition) is 1. The Hall–Kier alpha value is -3.71. The minimum atomic E-state index is -0.286. The van der Waals surface area contributed by atoms with Gasteiger partial charge in [0.2, 0.25) is 5.91 Å². The first-order chi connectivity index (χ1) is 15.6. The number of aromatic nitrogens is 1. The van der Waals surface area contributed by atoms with Crippen LogP contribution in [0.2, 0.25) is 0 Å². The van der Waals surface area contributed by atoms with Gasteiger partial charge in [-0.05, 0) is 29.8 Å². The number of carbonyl (C=O) groups is 2. The standard InChI is InChI=1S/C25H26N4O3/c30-23(26-21-10-5-2-6-11-21)19-27-14-16-28(17-15-27)24(31)22-12-7-13-29(25(22)32)18-20-8-3-1-4-9-20/h1-13H,14-19H2,(H,26,30). The Balaban J connectivity index is 1.34. The van der Waals surface area contributed by atoms with Gasteiger partial charge in [-0.1, -0.05) is 48.5 Å². The van der Waals surface area contributed by atoms with Crippen molar-refractivity contribution in [2.75, 3.05) is 38.0 Å². The summed E-state index contributed by atoms with van der Waals surface area (Å²) in [6.45, 7) is 2.81. The molecule has 0 aliphatic carbocycles. The average Bonchev–Trinajstić information content (AvgIpc) is 2.82. The van der Waals surface area contributed by atoms with Crippen LogP contribution in [0.5, 0.6) is 0 Å². The maximum Gasteiger partial charge on any atom is 0.263 e. The lowest BCUT2D eigenvalue weighted by molar-refractivity contribution is -0.117. The SMILES string of the molecule is O=C(CN1CCN(C(=O)c2cccn(Cc3ccccc3)c2=O)CC1)Nc1ccccc1. The largest absolute Gasteiger partial charge is 0.336 e. The molecule has 1 aliphatic heterocycles. The Morgan fingerprint density at radius 2 is 1.47 bits per heavy atom. The molecule has 2 aromatic carbocycles. The van der Waals surface area contributed by atoms with E-state index in [0.29, 0.717) is 32.7 Å². The van der Waals surface area contributed by atoms with E-state index >= 15 is 0 Å². The van der Waals surface area contributed by atoms with Crippen molar-refractivity contribution in [1.82, 2.24) is 14.4 Å². The van der Waals surface area contributed by atoms with E-state index in [0.717, 1.165) is 11.3 Å². The molecule has 2 heterocycles. The van der Waals surface area contributed by atoms with Crippen LogP contribution in [-0.4, -0.2) is 58.9 Å². The van der Waals surface area contributed by atoms with Crippen molar-refractivity contribution >= 4 is 17.5 Å². The molecule has 1 N–H and O–H groups in total. The smallest absolute Gasteiger partial charge is 0.263 e. The number of piperazine rings is 1. The second-order valence-corrected chi connectivity index (χ2v) is 7.82. The molecule has 0 unspecified atom stereocenters. The number of hydrogen-bond acceptors (Lipinski definition) is 4. The Morgan fingerprint density at radius 3 is 2.16 bits per heavy atom. The second kappa shape index (κ2) is 10.1. The van der Waals surface area contributed by atoms with Crippen LogP contribution in [0.4, 0.5) is 5.69 Å². The van der Waals surface area contributed by atoms with E-state index in [1.165, 1.54) is 0 Å². The summed E-state index contributed by atoms with van der Waals surface area (Å²) < 4.78 is 1.56. The summed E-state index contributed by atoms with van der Waals surface area (Å²) in [6, 6.07) is 22.3. The predicted octanol–water partition coefficient (Wildman–Crippen LogP) is 2.29. The molecule has 1 saturated heterocycles. The molecule has 7 nitrogen and oxygen atoms in total. The monoisotopic (exact) mass is 430 g/mol. The summed E-state index contributed by atoms with van der Waals surface area (Å²) in [7, 11) is 0. The average molecular weight is 431 g/mol. The van der Waals surface area contributed by atoms with Crippen LogP contribution in [0.25, 0.3) is 0 Å². The molecule has 1 aliphatic rings. The number of amides is 2. The highest BCUT2D eigenvalue weighted by Gasteiger charge is 2.25. The molecule has 32 heavy (non-hydrogen) atoms. The normalized spacial score (nSPS) is 14.2. The van der Waals surface area contributed by atoms with Crippen LogP contribution in [-0.2, 0) is 11.3 Å². The zero-order chi connectivity index (χ0) is 22.3. The number of anilines is 1. The third-order valence-corrected chi connectivity index (χ3v) is 5.53. The minimum absolute atomic E-state index is 0.0807. The zero-order valence-electron chi connectivity index (χ0n) is 17.8. The molecular weight excluding hydrogens is 404 g/mol. The van der Waals surface area contributed by atoms with Crippen molar-refractivity contribution in [3.63, 3.8) is 0 Å². The first-order valence-corrected chi connectivity index (χ1v) is 10.7. The van der Waals surface area contributed by atoms with Gasteiger partial charge in [0.05, 0.1) is 13.1 Å². The number of nitrogens with zero attached hydrogens (tertiary/aromatic N) is 3. The van der Waals surface area contributed by atoms with Crippen LogP contribution < -0.4 is 10.9 Å². The first kappa shape index (κ1) is 21.5. The molecule has 4 rings (SSSR count). The van der Waals surface area contributed by atoms with Crippen LogP contribution in [0.15, 0.2) is 83.8 Å². The van der Waals surface area contributed by atoms with Crippen LogP contribution in [0.3, 0.4) is 0 Å². The Bertz CT molecular complexity index is 1120. The van der Waals surface area contributed by atoms with Gasteiger partial charge >= 0.3 is 0 Å². The fraction of sp³-hybridized carbons (Fsp3) is 0.240. The zero-order valence-corrected chi connectivity index (χ0v) is 17.8. The molecule has 7 heteroatoms. The predicted molar refractivity (Wildman–Crippen MR) is 124 cm³/mol. The van der Waals surface area contributed by atoms with Crippen LogP contribution >= 0.6 is 0 Å². The van der Waals surface area contributed by atoms with E-state index in [9.17, 15) is 14.4 Å². The number of benzene rings is 2. The molecule has 0 bridgehead atoms. The second-order valence-electron chi connectivity index (χ2n) is 7.82. The van der Waals surface area contributed by atoms with E-state index in [1.54, 1.807) is 27.8 Å². The highest BCUT2D eigenvalue weighted by Crippen LogP contribution is 2.09. The number of carbonyl (C=O) groups excluding carboxylic acids is 2. The number of rotatable bonds is 6. The molecule has 3 aromatic rings. The molecule has 2 amide bonds. The summed E-state index contributed by atoms with van der Waals surface area (Å²) in [4.78, 5) is 41.9. The van der Waals surface area contributed by atoms with E-state index in [1.807, 2.05) is 65.6 Å². The van der Waals surface area contributed by atoms with Crippen molar-refractivity contribution in [1.29, 1.82) is 0 Å². The summed E-state index contributed by atoms with van der Waals surface area (Å²) >= 11 is 0. The summed E-state index contributed by atoms with van der Waals surface area (Å²) in [5.41, 5.74) is 1.66. The number of nitrogens with one attached hydrogen (secondary N) is 1. The highest BCUT2D eigenvalue weighted by molar-refractivity contribution is 5.94. The summed E-state index contributed by atoms with van der Waals surface area (Å²) in [5.74, 6) is -0.339. The highest BCUT2D eigenvalue weighted by atomic mass is 16.2. The van der Waals surface area contributed by atoms with Gasteiger partial charge in [0.15, 0.2) is 0 Å². The number of pyridine rings is 1. The van der Waals surface area contributed by atoms with Gasteiger partial charge in [0.1, 0.15) is 5.56 Å². The Morgan fingerprint density at radius 1 is 0.812 bits per heavy atom. The van der Waals surface area contributed by atoms with Crippen molar-refractivity contribution in [2.24, 2.45) is 0 Å². The number of para-hydroxylation sites is 1. The molecule has 0 atom stereocenters. The van der Waals surface area contributed by atoms with Crippen molar-refractivity contribution in [2.45, 2.75) is 6.54 Å². The molecular formula is C25H26N4O3. The van der Waals surface area contributed by atoms with Gasteiger partial charge in [0.25, 0.3) is 11.5 Å². The van der Waals surface area contributed by atoms with Gasteiger partial charge in [-0.3, -0.25) is 19.3 Å². The third kappa shape index (κ3) is 5.31. The van der Waals surface area contributed by atoms with Crippen molar-refractivity contribution in [3.8, 4) is 0 Å². The van der Waals surface area contributed by atoms with Crippen molar-refractivity contribution < 1.29 is 9.59 Å². The van der Waals surface area contributed by atoms with Gasteiger partial charge < -0.3 is 14.8 Å². The van der Waals surface area contributed by atoms with E-state index in [4.69, 9.17) is 0 Å². The molecule has 0 spiro atoms. The molecule has 0 saturated carbocycles. The van der Waals surface area contributed by atoms with Gasteiger partial charge in [-0.15, -0.1) is 0 Å². The fourth-order valence-corrected chi connectivity index (χ4v) is 3.81. The summed E-state index contributed by atoms with van der Waals surface area (Å²) in [6.07, 6.45) is 1.70. The maximum absolute atomic E-state index is 13.0.